The van der Waals surface area contributed by atoms with Crippen molar-refractivity contribution in [1.82, 2.24) is 10.3 Å². The van der Waals surface area contributed by atoms with Gasteiger partial charge in [-0.2, -0.15) is 0 Å². The van der Waals surface area contributed by atoms with Crippen LogP contribution in [0.15, 0.2) is 54.6 Å². The SMILES string of the molecule is COc1cccc(NC(=O)C(=O)NCCc2sc(-c3ccccc3)nc2C)c1. The van der Waals surface area contributed by atoms with Gasteiger partial charge in [-0.3, -0.25) is 9.59 Å². The second kappa shape index (κ2) is 9.14. The molecule has 2 aromatic carbocycles. The Labute approximate surface area is 167 Å². The molecule has 0 unspecified atom stereocenters. The summed E-state index contributed by atoms with van der Waals surface area (Å²) in [6.45, 7) is 2.32. The monoisotopic (exact) mass is 395 g/mol. The molecule has 2 N–H and O–H groups in total. The van der Waals surface area contributed by atoms with Crippen LogP contribution in [-0.2, 0) is 16.0 Å². The first kappa shape index (κ1) is 19.6. The van der Waals surface area contributed by atoms with Gasteiger partial charge >= 0.3 is 11.8 Å². The van der Waals surface area contributed by atoms with Gasteiger partial charge in [0.2, 0.25) is 0 Å². The molecule has 6 nitrogen and oxygen atoms in total. The van der Waals surface area contributed by atoms with Gasteiger partial charge in [0.25, 0.3) is 0 Å². The number of rotatable bonds is 6. The first-order valence-corrected chi connectivity index (χ1v) is 9.63. The minimum Gasteiger partial charge on any atom is -0.497 e. The molecule has 7 heteroatoms. The van der Waals surface area contributed by atoms with E-state index in [1.165, 1.54) is 7.11 Å². The Kier molecular flexibility index (Phi) is 6.39. The zero-order valence-electron chi connectivity index (χ0n) is 15.7. The van der Waals surface area contributed by atoms with E-state index in [2.05, 4.69) is 15.6 Å². The van der Waals surface area contributed by atoms with E-state index in [0.717, 1.165) is 21.1 Å². The molecule has 0 aliphatic carbocycles. The van der Waals surface area contributed by atoms with Gasteiger partial charge in [-0.25, -0.2) is 4.98 Å². The van der Waals surface area contributed by atoms with Crippen molar-refractivity contribution in [2.75, 3.05) is 19.0 Å². The molecular weight excluding hydrogens is 374 g/mol. The van der Waals surface area contributed by atoms with Crippen LogP contribution in [0.2, 0.25) is 0 Å². The van der Waals surface area contributed by atoms with Crippen molar-refractivity contribution in [3.8, 4) is 16.3 Å². The van der Waals surface area contributed by atoms with Crippen LogP contribution in [0.1, 0.15) is 10.6 Å². The average Bonchev–Trinajstić information content (AvgIpc) is 3.09. The third-order valence-corrected chi connectivity index (χ3v) is 5.35. The second-order valence-corrected chi connectivity index (χ2v) is 7.17. The maximum absolute atomic E-state index is 12.0. The molecule has 0 saturated carbocycles. The molecule has 1 aromatic heterocycles. The molecule has 0 atom stereocenters. The van der Waals surface area contributed by atoms with Gasteiger partial charge in [-0.05, 0) is 19.1 Å². The lowest BCUT2D eigenvalue weighted by atomic mass is 10.2. The maximum atomic E-state index is 12.0. The number of aryl methyl sites for hydroxylation is 1. The van der Waals surface area contributed by atoms with Crippen molar-refractivity contribution >= 4 is 28.8 Å². The summed E-state index contributed by atoms with van der Waals surface area (Å²) in [7, 11) is 1.54. The van der Waals surface area contributed by atoms with Crippen molar-refractivity contribution in [2.45, 2.75) is 13.3 Å². The number of benzene rings is 2. The lowest BCUT2D eigenvalue weighted by molar-refractivity contribution is -0.136. The number of methoxy groups -OCH3 is 1. The van der Waals surface area contributed by atoms with Gasteiger partial charge < -0.3 is 15.4 Å². The summed E-state index contributed by atoms with van der Waals surface area (Å²) in [5.41, 5.74) is 2.52. The van der Waals surface area contributed by atoms with E-state index in [1.807, 2.05) is 37.3 Å². The molecule has 0 saturated heterocycles. The highest BCUT2D eigenvalue weighted by Crippen LogP contribution is 2.27. The molecule has 3 rings (SSSR count). The average molecular weight is 395 g/mol. The summed E-state index contributed by atoms with van der Waals surface area (Å²) in [5, 5.41) is 6.17. The summed E-state index contributed by atoms with van der Waals surface area (Å²) >= 11 is 1.60. The summed E-state index contributed by atoms with van der Waals surface area (Å²) in [6, 6.07) is 16.8. The normalized spacial score (nSPS) is 10.4. The van der Waals surface area contributed by atoms with Gasteiger partial charge in [-0.15, -0.1) is 11.3 Å². The van der Waals surface area contributed by atoms with Crippen LogP contribution < -0.4 is 15.4 Å². The number of hydrogen-bond acceptors (Lipinski definition) is 5. The molecule has 0 aliphatic heterocycles. The number of anilines is 1. The number of nitrogens with zero attached hydrogens (tertiary/aromatic N) is 1. The van der Waals surface area contributed by atoms with Crippen molar-refractivity contribution in [1.29, 1.82) is 0 Å². The molecule has 1 heterocycles. The largest absolute Gasteiger partial charge is 0.497 e. The van der Waals surface area contributed by atoms with Crippen LogP contribution in [0.5, 0.6) is 5.75 Å². The summed E-state index contributed by atoms with van der Waals surface area (Å²) in [5.74, 6) is -0.777. The fourth-order valence-electron chi connectivity index (χ4n) is 2.62. The minimum atomic E-state index is -0.709. The van der Waals surface area contributed by atoms with Crippen LogP contribution in [0.3, 0.4) is 0 Å². The summed E-state index contributed by atoms with van der Waals surface area (Å²) in [4.78, 5) is 29.8. The van der Waals surface area contributed by atoms with Crippen LogP contribution in [0, 0.1) is 6.92 Å². The number of hydrogen-bond donors (Lipinski definition) is 2. The number of aromatic nitrogens is 1. The molecule has 0 spiro atoms. The topological polar surface area (TPSA) is 80.3 Å². The molecule has 2 amide bonds. The highest BCUT2D eigenvalue weighted by atomic mass is 32.1. The van der Waals surface area contributed by atoms with Crippen LogP contribution in [0.4, 0.5) is 5.69 Å². The molecule has 3 aromatic rings. The molecule has 144 valence electrons. The van der Waals surface area contributed by atoms with E-state index in [-0.39, 0.29) is 0 Å². The third-order valence-electron chi connectivity index (χ3n) is 4.08. The van der Waals surface area contributed by atoms with E-state index in [0.29, 0.717) is 24.4 Å². The molecule has 0 bridgehead atoms. The highest BCUT2D eigenvalue weighted by molar-refractivity contribution is 7.15. The Morgan fingerprint density at radius 2 is 1.86 bits per heavy atom. The van der Waals surface area contributed by atoms with E-state index in [9.17, 15) is 9.59 Å². The van der Waals surface area contributed by atoms with Crippen molar-refractivity contribution < 1.29 is 14.3 Å². The lowest BCUT2D eigenvalue weighted by Gasteiger charge is -2.07. The van der Waals surface area contributed by atoms with E-state index in [4.69, 9.17) is 4.74 Å². The smallest absolute Gasteiger partial charge is 0.313 e. The number of ether oxygens (including phenoxy) is 1. The van der Waals surface area contributed by atoms with Crippen LogP contribution in [-0.4, -0.2) is 30.5 Å². The van der Waals surface area contributed by atoms with Gasteiger partial charge in [0.15, 0.2) is 0 Å². The fourth-order valence-corrected chi connectivity index (χ4v) is 3.69. The van der Waals surface area contributed by atoms with Crippen molar-refractivity contribution in [3.05, 3.63) is 65.2 Å². The Morgan fingerprint density at radius 3 is 2.61 bits per heavy atom. The Hall–Kier alpha value is -3.19. The fraction of sp³-hybridized carbons (Fsp3) is 0.190. The first-order chi connectivity index (χ1) is 13.6. The molecule has 0 radical (unpaired) electrons. The van der Waals surface area contributed by atoms with E-state index < -0.39 is 11.8 Å². The summed E-state index contributed by atoms with van der Waals surface area (Å²) < 4.78 is 5.10. The lowest BCUT2D eigenvalue weighted by Crippen LogP contribution is -2.36. The Morgan fingerprint density at radius 1 is 1.07 bits per heavy atom. The number of amides is 2. The molecule has 28 heavy (non-hydrogen) atoms. The Bertz CT molecular complexity index is 970. The predicted octanol–water partition coefficient (Wildman–Crippen LogP) is 3.42. The highest BCUT2D eigenvalue weighted by Gasteiger charge is 2.15. The quantitative estimate of drug-likeness (QED) is 0.627. The predicted molar refractivity (Wildman–Crippen MR) is 111 cm³/mol. The van der Waals surface area contributed by atoms with Crippen LogP contribution >= 0.6 is 11.3 Å². The molecule has 0 aliphatic rings. The zero-order chi connectivity index (χ0) is 19.9. The molecular formula is C21H21N3O3S. The van der Waals surface area contributed by atoms with E-state index >= 15 is 0 Å². The number of carbonyl (C=O) groups excluding carboxylic acids is 2. The standard InChI is InChI=1S/C21H21N3O3S/c1-14-18(28-21(23-14)15-7-4-3-5-8-15)11-12-22-19(25)20(26)24-16-9-6-10-17(13-16)27-2/h3-10,13H,11-12H2,1-2H3,(H,22,25)(H,24,26). The van der Waals surface area contributed by atoms with Gasteiger partial charge in [0, 0.05) is 35.2 Å². The Balaban J connectivity index is 1.52. The third kappa shape index (κ3) is 4.95. The maximum Gasteiger partial charge on any atom is 0.313 e. The number of carbonyl (C=O) groups is 2. The minimum absolute atomic E-state index is 0.363. The van der Waals surface area contributed by atoms with E-state index in [1.54, 1.807) is 35.6 Å². The van der Waals surface area contributed by atoms with Crippen molar-refractivity contribution in [2.24, 2.45) is 0 Å². The van der Waals surface area contributed by atoms with Crippen LogP contribution in [0.25, 0.3) is 10.6 Å². The van der Waals surface area contributed by atoms with Crippen molar-refractivity contribution in [3.63, 3.8) is 0 Å². The summed E-state index contributed by atoms with van der Waals surface area (Å²) in [6.07, 6.45) is 0.620. The zero-order valence-corrected chi connectivity index (χ0v) is 16.5. The van der Waals surface area contributed by atoms with Gasteiger partial charge in [0.05, 0.1) is 12.8 Å². The first-order valence-electron chi connectivity index (χ1n) is 8.82. The second-order valence-electron chi connectivity index (χ2n) is 6.09. The number of thiazole rings is 1. The molecule has 0 fully saturated rings. The van der Waals surface area contributed by atoms with Gasteiger partial charge in [-0.1, -0.05) is 36.4 Å². The van der Waals surface area contributed by atoms with Gasteiger partial charge in [0.1, 0.15) is 10.8 Å². The number of nitrogens with one attached hydrogen (secondary N) is 2.